The molecule has 11 rings (SSSR count). The molecule has 288 valence electrons. The number of oxazole rings is 1. The van der Waals surface area contributed by atoms with Crippen LogP contribution in [0.3, 0.4) is 0 Å². The lowest BCUT2D eigenvalue weighted by molar-refractivity contribution is 0.623. The van der Waals surface area contributed by atoms with Gasteiger partial charge in [-0.15, -0.1) is 0 Å². The average molecular weight is 797 g/mol. The van der Waals surface area contributed by atoms with E-state index in [1.165, 1.54) is 31.9 Å². The summed E-state index contributed by atoms with van der Waals surface area (Å²) in [6.45, 7) is 0. The van der Waals surface area contributed by atoms with Gasteiger partial charge < -0.3 is 9.32 Å². The normalized spacial score (nSPS) is 11.6. The van der Waals surface area contributed by atoms with Gasteiger partial charge in [-0.05, 0) is 96.6 Å². The van der Waals surface area contributed by atoms with Gasteiger partial charge in [0, 0.05) is 28.0 Å². The Morgan fingerprint density at radius 2 is 0.869 bits per heavy atom. The maximum absolute atomic E-state index is 6.69. The van der Waals surface area contributed by atoms with E-state index < -0.39 is 8.07 Å². The summed E-state index contributed by atoms with van der Waals surface area (Å²) in [5, 5.41) is 9.68. The van der Waals surface area contributed by atoms with E-state index in [1.807, 2.05) is 30.3 Å². The van der Waals surface area contributed by atoms with Gasteiger partial charge in [0.25, 0.3) is 0 Å². The summed E-state index contributed by atoms with van der Waals surface area (Å²) in [4.78, 5) is 7.45. The van der Waals surface area contributed by atoms with E-state index in [2.05, 4.69) is 217 Å². The van der Waals surface area contributed by atoms with Crippen molar-refractivity contribution in [1.82, 2.24) is 4.98 Å². The van der Waals surface area contributed by atoms with E-state index in [1.54, 1.807) is 0 Å². The Bertz CT molecular complexity index is 3180. The summed E-state index contributed by atoms with van der Waals surface area (Å²) in [5.74, 6) is 0.620. The molecular weight excluding hydrogens is 757 g/mol. The molecule has 0 saturated carbocycles. The number of fused-ring (bicyclic) bond motifs is 5. The Balaban J connectivity index is 1.20. The van der Waals surface area contributed by atoms with Crippen molar-refractivity contribution in [3.8, 4) is 22.6 Å². The molecule has 0 amide bonds. The fraction of sp³-hybridized carbons (Fsp3) is 0. The number of para-hydroxylation sites is 1. The minimum Gasteiger partial charge on any atom is -0.435 e. The van der Waals surface area contributed by atoms with Crippen LogP contribution >= 0.6 is 0 Å². The van der Waals surface area contributed by atoms with Gasteiger partial charge in [0.2, 0.25) is 5.89 Å². The van der Waals surface area contributed by atoms with Crippen LogP contribution in [0.25, 0.3) is 55.2 Å². The van der Waals surface area contributed by atoms with Crippen LogP contribution in [-0.4, -0.2) is 13.1 Å². The van der Waals surface area contributed by atoms with E-state index in [-0.39, 0.29) is 0 Å². The van der Waals surface area contributed by atoms with Crippen LogP contribution < -0.4 is 25.6 Å². The van der Waals surface area contributed by atoms with Crippen LogP contribution in [0.5, 0.6) is 0 Å². The van der Waals surface area contributed by atoms with Gasteiger partial charge in [0.05, 0.1) is 0 Å². The number of hydrogen-bond donors (Lipinski definition) is 0. The molecule has 0 aliphatic heterocycles. The highest BCUT2D eigenvalue weighted by Gasteiger charge is 2.43. The molecule has 0 saturated heterocycles. The summed E-state index contributed by atoms with van der Waals surface area (Å²) in [6.07, 6.45) is 0. The molecular formula is C57H40N2OSi. The third-order valence-electron chi connectivity index (χ3n) is 12.0. The third kappa shape index (κ3) is 6.33. The molecule has 0 aliphatic carbocycles. The molecule has 0 atom stereocenters. The van der Waals surface area contributed by atoms with E-state index in [9.17, 15) is 0 Å². The van der Waals surface area contributed by atoms with Crippen LogP contribution in [0.4, 0.5) is 17.1 Å². The van der Waals surface area contributed by atoms with Gasteiger partial charge in [-0.1, -0.05) is 194 Å². The lowest BCUT2D eigenvalue weighted by Crippen LogP contribution is -2.75. The zero-order chi connectivity index (χ0) is 40.6. The number of benzene rings is 10. The molecule has 0 unspecified atom stereocenters. The third-order valence-corrected chi connectivity index (χ3v) is 16.8. The van der Waals surface area contributed by atoms with Crippen LogP contribution in [-0.2, 0) is 0 Å². The van der Waals surface area contributed by atoms with Crippen molar-refractivity contribution < 1.29 is 4.42 Å². The van der Waals surface area contributed by atoms with Crippen molar-refractivity contribution >= 4 is 78.5 Å². The molecule has 0 radical (unpaired) electrons. The molecule has 1 heterocycles. The lowest BCUT2D eigenvalue weighted by atomic mass is 10.00. The van der Waals surface area contributed by atoms with Crippen LogP contribution in [0.1, 0.15) is 0 Å². The van der Waals surface area contributed by atoms with Crippen molar-refractivity contribution in [2.75, 3.05) is 4.90 Å². The van der Waals surface area contributed by atoms with Crippen LogP contribution in [0.15, 0.2) is 247 Å². The van der Waals surface area contributed by atoms with Gasteiger partial charge in [0.15, 0.2) is 13.7 Å². The van der Waals surface area contributed by atoms with Gasteiger partial charge in [-0.3, -0.25) is 0 Å². The topological polar surface area (TPSA) is 29.3 Å². The highest BCUT2D eigenvalue weighted by Crippen LogP contribution is 2.41. The van der Waals surface area contributed by atoms with E-state index in [0.29, 0.717) is 5.89 Å². The molecule has 61 heavy (non-hydrogen) atoms. The molecule has 4 heteroatoms. The molecule has 0 aliphatic rings. The summed E-state index contributed by atoms with van der Waals surface area (Å²) in [6, 6.07) is 87.8. The Hall–Kier alpha value is -7.79. The zero-order valence-corrected chi connectivity index (χ0v) is 34.4. The average Bonchev–Trinajstić information content (AvgIpc) is 3.79. The molecule has 0 fully saturated rings. The second-order valence-corrected chi connectivity index (χ2v) is 19.3. The first-order chi connectivity index (χ1) is 30.3. The number of anilines is 3. The Kier molecular flexibility index (Phi) is 9.18. The van der Waals surface area contributed by atoms with E-state index >= 15 is 0 Å². The molecule has 0 bridgehead atoms. The summed E-state index contributed by atoms with van der Waals surface area (Å²) in [7, 11) is -2.96. The molecule has 10 aromatic carbocycles. The predicted molar refractivity (Wildman–Crippen MR) is 258 cm³/mol. The largest absolute Gasteiger partial charge is 0.435 e. The van der Waals surface area contributed by atoms with Crippen molar-refractivity contribution in [3.05, 3.63) is 243 Å². The Morgan fingerprint density at radius 3 is 1.49 bits per heavy atom. The molecule has 0 spiro atoms. The maximum atomic E-state index is 6.69. The first kappa shape index (κ1) is 36.3. The highest BCUT2D eigenvalue weighted by molar-refractivity contribution is 7.20. The molecule has 1 aromatic heterocycles. The van der Waals surface area contributed by atoms with E-state index in [4.69, 9.17) is 9.40 Å². The smallest absolute Gasteiger partial charge is 0.227 e. The van der Waals surface area contributed by atoms with Gasteiger partial charge >= 0.3 is 0 Å². The molecule has 0 N–H and O–H groups in total. The second kappa shape index (κ2) is 15.4. The summed E-state index contributed by atoms with van der Waals surface area (Å²) >= 11 is 0. The second-order valence-electron chi connectivity index (χ2n) is 15.5. The SMILES string of the molecule is c1ccc(-c2ccc(N(c3ccc4ccc5ccc6nc(-c7ccccc7)oc6c5c4c3)c3ccccc3[Si](c3ccccc3)(c3ccccc3)c3ccccc3)cc2)cc1. The van der Waals surface area contributed by atoms with Crippen LogP contribution in [0.2, 0.25) is 0 Å². The number of rotatable bonds is 9. The first-order valence-electron chi connectivity index (χ1n) is 20.8. The predicted octanol–water partition coefficient (Wildman–Crippen LogP) is 12.3. The van der Waals surface area contributed by atoms with Crippen molar-refractivity contribution in [3.63, 3.8) is 0 Å². The number of aromatic nitrogens is 1. The fourth-order valence-electron chi connectivity index (χ4n) is 9.23. The lowest BCUT2D eigenvalue weighted by Gasteiger charge is -2.38. The van der Waals surface area contributed by atoms with Crippen molar-refractivity contribution in [2.24, 2.45) is 0 Å². The van der Waals surface area contributed by atoms with Gasteiger partial charge in [-0.25, -0.2) is 4.98 Å². The Labute approximate surface area is 356 Å². The maximum Gasteiger partial charge on any atom is 0.227 e. The van der Waals surface area contributed by atoms with Gasteiger partial charge in [-0.2, -0.15) is 0 Å². The Morgan fingerprint density at radius 1 is 0.393 bits per heavy atom. The standard InChI is InChI=1S/C57H40N2OSi/c1-6-18-41(19-7-1)42-32-36-46(37-33-42)59(47-38-34-43-30-31-44-35-39-52-56(55(44)51(43)40-47)60-57(58-52)45-20-8-2-9-21-45)53-28-16-17-29-54(53)61(48-22-10-3-11-23-48,49-24-12-4-13-25-49)50-26-14-5-15-27-50/h1-40H. The van der Waals surface area contributed by atoms with Gasteiger partial charge in [0.1, 0.15) is 5.52 Å². The molecule has 11 aromatic rings. The minimum absolute atomic E-state index is 0.620. The monoisotopic (exact) mass is 796 g/mol. The summed E-state index contributed by atoms with van der Waals surface area (Å²) in [5.41, 5.74) is 8.20. The molecule has 3 nitrogen and oxygen atoms in total. The van der Waals surface area contributed by atoms with E-state index in [0.717, 1.165) is 55.3 Å². The minimum atomic E-state index is -2.96. The van der Waals surface area contributed by atoms with Crippen molar-refractivity contribution in [1.29, 1.82) is 0 Å². The first-order valence-corrected chi connectivity index (χ1v) is 22.8. The fourth-order valence-corrected chi connectivity index (χ4v) is 14.2. The highest BCUT2D eigenvalue weighted by atomic mass is 28.3. The zero-order valence-electron chi connectivity index (χ0n) is 33.4. The van der Waals surface area contributed by atoms with Crippen molar-refractivity contribution in [2.45, 2.75) is 0 Å². The summed E-state index contributed by atoms with van der Waals surface area (Å²) < 4.78 is 6.69. The number of nitrogens with zero attached hydrogens (tertiary/aromatic N) is 2. The quantitative estimate of drug-likeness (QED) is 0.0828. The van der Waals surface area contributed by atoms with Crippen LogP contribution in [0, 0.1) is 0 Å². The number of hydrogen-bond acceptors (Lipinski definition) is 3.